The van der Waals surface area contributed by atoms with E-state index in [1.165, 1.54) is 5.56 Å². The molecule has 1 rings (SSSR count). The fourth-order valence-electron chi connectivity index (χ4n) is 1.89. The van der Waals surface area contributed by atoms with Crippen molar-refractivity contribution in [3.05, 3.63) is 35.9 Å². The molecule has 0 spiro atoms. The van der Waals surface area contributed by atoms with Crippen LogP contribution in [-0.4, -0.2) is 23.8 Å². The van der Waals surface area contributed by atoms with Gasteiger partial charge in [0.25, 0.3) is 0 Å². The van der Waals surface area contributed by atoms with Gasteiger partial charge in [-0.3, -0.25) is 9.69 Å². The summed E-state index contributed by atoms with van der Waals surface area (Å²) in [6.45, 7) is 11.6. The number of hydrogen-bond acceptors (Lipinski definition) is 2. The van der Waals surface area contributed by atoms with Crippen LogP contribution in [0.2, 0.25) is 0 Å². The van der Waals surface area contributed by atoms with Gasteiger partial charge in [0.05, 0.1) is 6.54 Å². The van der Waals surface area contributed by atoms with E-state index >= 15 is 0 Å². The minimum absolute atomic E-state index is 0.260. The molecule has 0 aliphatic heterocycles. The van der Waals surface area contributed by atoms with Gasteiger partial charge in [-0.1, -0.05) is 58.0 Å². The molecule has 0 amide bonds. The summed E-state index contributed by atoms with van der Waals surface area (Å²) in [5.41, 5.74) is 1.00. The molecule has 1 atom stereocenters. The third-order valence-electron chi connectivity index (χ3n) is 3.42. The first-order valence-corrected chi connectivity index (χ1v) is 6.68. The van der Waals surface area contributed by atoms with Gasteiger partial charge in [-0.2, -0.15) is 0 Å². The Balaban J connectivity index is 2.76. The minimum atomic E-state index is -0.260. The number of benzene rings is 1. The molecule has 100 valence electrons. The summed E-state index contributed by atoms with van der Waals surface area (Å²) in [6, 6.07) is 10.6. The predicted molar refractivity (Wildman–Crippen MR) is 76.6 cm³/mol. The fraction of sp³-hybridized carbons (Fsp3) is 0.562. The van der Waals surface area contributed by atoms with E-state index in [0.717, 1.165) is 6.54 Å². The maximum Gasteiger partial charge on any atom is 0.152 e. The minimum Gasteiger partial charge on any atom is -0.298 e. The molecule has 0 aromatic heterocycles. The summed E-state index contributed by atoms with van der Waals surface area (Å²) >= 11 is 0. The number of carbonyl (C=O) groups is 1. The third kappa shape index (κ3) is 3.95. The summed E-state index contributed by atoms with van der Waals surface area (Å²) < 4.78 is 0. The second kappa shape index (κ2) is 6.14. The average Bonchev–Trinajstić information content (AvgIpc) is 2.34. The number of Topliss-reactive ketones (excluding diaryl/α,β-unsaturated/α-hetero) is 1. The van der Waals surface area contributed by atoms with E-state index in [9.17, 15) is 4.79 Å². The Morgan fingerprint density at radius 1 is 1.22 bits per heavy atom. The van der Waals surface area contributed by atoms with Gasteiger partial charge in [-0.25, -0.2) is 0 Å². The molecule has 0 bridgehead atoms. The van der Waals surface area contributed by atoms with Crippen LogP contribution in [0.15, 0.2) is 30.3 Å². The molecule has 0 saturated heterocycles. The molecule has 0 fully saturated rings. The number of ketones is 1. The summed E-state index contributed by atoms with van der Waals surface area (Å²) in [6.07, 6.45) is 0. The number of likely N-dealkylation sites (N-methyl/N-ethyl adjacent to an activating group) is 1. The highest BCUT2D eigenvalue weighted by molar-refractivity contribution is 5.85. The van der Waals surface area contributed by atoms with Crippen molar-refractivity contribution in [1.29, 1.82) is 0 Å². The van der Waals surface area contributed by atoms with Gasteiger partial charge in [0, 0.05) is 11.5 Å². The lowest BCUT2D eigenvalue weighted by Crippen LogP contribution is -2.37. The second-order valence-electron chi connectivity index (χ2n) is 5.82. The van der Waals surface area contributed by atoms with E-state index in [0.29, 0.717) is 12.3 Å². The highest BCUT2D eigenvalue weighted by Gasteiger charge is 2.25. The molecule has 0 aliphatic rings. The van der Waals surface area contributed by atoms with Crippen molar-refractivity contribution in [1.82, 2.24) is 4.90 Å². The Hall–Kier alpha value is -1.15. The Morgan fingerprint density at radius 3 is 2.22 bits per heavy atom. The van der Waals surface area contributed by atoms with Crippen molar-refractivity contribution in [2.45, 2.75) is 40.7 Å². The molecule has 2 nitrogen and oxygen atoms in total. The largest absolute Gasteiger partial charge is 0.298 e. The highest BCUT2D eigenvalue weighted by atomic mass is 16.1. The lowest BCUT2D eigenvalue weighted by atomic mass is 9.90. The van der Waals surface area contributed by atoms with Crippen LogP contribution < -0.4 is 0 Å². The highest BCUT2D eigenvalue weighted by Crippen LogP contribution is 2.22. The Morgan fingerprint density at radius 2 is 1.78 bits per heavy atom. The van der Waals surface area contributed by atoms with Crippen LogP contribution in [0.1, 0.15) is 46.2 Å². The van der Waals surface area contributed by atoms with Gasteiger partial charge in [-0.15, -0.1) is 0 Å². The fourth-order valence-corrected chi connectivity index (χ4v) is 1.89. The van der Waals surface area contributed by atoms with Crippen LogP contribution in [0, 0.1) is 5.41 Å². The van der Waals surface area contributed by atoms with Gasteiger partial charge >= 0.3 is 0 Å². The summed E-state index contributed by atoms with van der Waals surface area (Å²) in [5, 5.41) is 0. The van der Waals surface area contributed by atoms with Crippen LogP contribution in [0.3, 0.4) is 0 Å². The lowest BCUT2D eigenvalue weighted by molar-refractivity contribution is -0.128. The second-order valence-corrected chi connectivity index (χ2v) is 5.82. The Kier molecular flexibility index (Phi) is 5.09. The van der Waals surface area contributed by atoms with Crippen molar-refractivity contribution < 1.29 is 4.79 Å². The maximum absolute atomic E-state index is 12.1. The Bertz CT molecular complexity index is 378. The van der Waals surface area contributed by atoms with Crippen LogP contribution in [0.25, 0.3) is 0 Å². The predicted octanol–water partition coefficient (Wildman–Crippen LogP) is 3.68. The molecule has 1 aromatic carbocycles. The third-order valence-corrected chi connectivity index (χ3v) is 3.42. The Labute approximate surface area is 111 Å². The molecule has 0 aliphatic carbocycles. The van der Waals surface area contributed by atoms with Gasteiger partial charge in [0.2, 0.25) is 0 Å². The van der Waals surface area contributed by atoms with Gasteiger partial charge < -0.3 is 0 Å². The zero-order valence-electron chi connectivity index (χ0n) is 12.2. The van der Waals surface area contributed by atoms with Gasteiger partial charge in [-0.05, 0) is 19.0 Å². The first kappa shape index (κ1) is 14.9. The van der Waals surface area contributed by atoms with Crippen LogP contribution >= 0.6 is 0 Å². The zero-order valence-corrected chi connectivity index (χ0v) is 12.2. The normalized spacial score (nSPS) is 13.7. The van der Waals surface area contributed by atoms with Crippen molar-refractivity contribution in [2.75, 3.05) is 13.1 Å². The molecule has 0 saturated carbocycles. The molecule has 18 heavy (non-hydrogen) atoms. The molecule has 2 heteroatoms. The number of hydrogen-bond donors (Lipinski definition) is 0. The first-order valence-electron chi connectivity index (χ1n) is 6.68. The summed E-state index contributed by atoms with van der Waals surface area (Å²) in [7, 11) is 0. The molecule has 1 aromatic rings. The quantitative estimate of drug-likeness (QED) is 0.791. The standard InChI is InChI=1S/C16H25NO/c1-6-17(12-15(18)16(3,4)5)13(2)14-10-8-7-9-11-14/h7-11,13H,6,12H2,1-5H3/t13-/m0/s1. The monoisotopic (exact) mass is 247 g/mol. The topological polar surface area (TPSA) is 20.3 Å². The zero-order chi connectivity index (χ0) is 13.8. The number of rotatable bonds is 5. The number of carbonyl (C=O) groups excluding carboxylic acids is 1. The number of nitrogens with zero attached hydrogens (tertiary/aromatic N) is 1. The molecular formula is C16H25NO. The molecule has 0 unspecified atom stereocenters. The van der Waals surface area contributed by atoms with Crippen molar-refractivity contribution in [3.63, 3.8) is 0 Å². The molecular weight excluding hydrogens is 222 g/mol. The van der Waals surface area contributed by atoms with Crippen LogP contribution in [0.5, 0.6) is 0 Å². The van der Waals surface area contributed by atoms with Crippen molar-refractivity contribution in [3.8, 4) is 0 Å². The van der Waals surface area contributed by atoms with E-state index < -0.39 is 0 Å². The molecule has 0 heterocycles. The molecule has 0 radical (unpaired) electrons. The summed E-state index contributed by atoms with van der Waals surface area (Å²) in [4.78, 5) is 14.4. The smallest absolute Gasteiger partial charge is 0.152 e. The summed E-state index contributed by atoms with van der Waals surface area (Å²) in [5.74, 6) is 0.298. The van der Waals surface area contributed by atoms with E-state index in [2.05, 4.69) is 30.9 Å². The van der Waals surface area contributed by atoms with E-state index in [1.54, 1.807) is 0 Å². The van der Waals surface area contributed by atoms with Crippen molar-refractivity contribution >= 4 is 5.78 Å². The van der Waals surface area contributed by atoms with Crippen LogP contribution in [-0.2, 0) is 4.79 Å². The van der Waals surface area contributed by atoms with E-state index in [-0.39, 0.29) is 11.5 Å². The SMILES string of the molecule is CCN(CC(=O)C(C)(C)C)[C@@H](C)c1ccccc1. The molecule has 0 N–H and O–H groups in total. The first-order chi connectivity index (χ1) is 8.36. The van der Waals surface area contributed by atoms with Gasteiger partial charge in [0.15, 0.2) is 5.78 Å². The maximum atomic E-state index is 12.1. The average molecular weight is 247 g/mol. The van der Waals surface area contributed by atoms with Crippen LogP contribution in [0.4, 0.5) is 0 Å². The van der Waals surface area contributed by atoms with Gasteiger partial charge in [0.1, 0.15) is 0 Å². The lowest BCUT2D eigenvalue weighted by Gasteiger charge is -2.30. The van der Waals surface area contributed by atoms with E-state index in [4.69, 9.17) is 0 Å². The van der Waals surface area contributed by atoms with E-state index in [1.807, 2.05) is 39.0 Å². The van der Waals surface area contributed by atoms with Crippen molar-refractivity contribution in [2.24, 2.45) is 5.41 Å².